The molecule has 0 aromatic carbocycles. The van der Waals surface area contributed by atoms with Crippen molar-refractivity contribution in [2.75, 3.05) is 26.7 Å². The number of carbonyl (C=O) groups is 1. The Morgan fingerprint density at radius 1 is 1.53 bits per heavy atom. The number of carbonyl (C=O) groups excluding carboxylic acids is 1. The molecule has 88 valence electrons. The summed E-state index contributed by atoms with van der Waals surface area (Å²) in [7, 11) is 1.98. The third-order valence-electron chi connectivity index (χ3n) is 3.07. The molecule has 3 heteroatoms. The molecule has 1 heterocycles. The van der Waals surface area contributed by atoms with Crippen LogP contribution in [0.2, 0.25) is 0 Å². The first-order chi connectivity index (χ1) is 7.13. The lowest BCUT2D eigenvalue weighted by Gasteiger charge is -2.17. The highest BCUT2D eigenvalue weighted by Crippen LogP contribution is 2.17. The van der Waals surface area contributed by atoms with E-state index in [1.807, 2.05) is 11.9 Å². The van der Waals surface area contributed by atoms with E-state index < -0.39 is 0 Å². The van der Waals surface area contributed by atoms with Crippen molar-refractivity contribution in [3.05, 3.63) is 0 Å². The fourth-order valence-electron chi connectivity index (χ4n) is 2.08. The minimum absolute atomic E-state index is 0.349. The third-order valence-corrected chi connectivity index (χ3v) is 3.07. The Morgan fingerprint density at radius 3 is 2.87 bits per heavy atom. The fraction of sp³-hybridized carbons (Fsp3) is 0.917. The van der Waals surface area contributed by atoms with Crippen LogP contribution in [0.1, 0.15) is 33.1 Å². The molecule has 1 unspecified atom stereocenters. The van der Waals surface area contributed by atoms with E-state index in [4.69, 9.17) is 0 Å². The predicted octanol–water partition coefficient (Wildman–Crippen LogP) is 1.49. The van der Waals surface area contributed by atoms with Gasteiger partial charge >= 0.3 is 0 Å². The van der Waals surface area contributed by atoms with Gasteiger partial charge in [-0.1, -0.05) is 13.8 Å². The standard InChI is InChI=1S/C12H24N2O/c1-10(2)4-5-12(15)14-7-6-11(9-14)8-13-3/h10-11,13H,4-9H2,1-3H3. The summed E-state index contributed by atoms with van der Waals surface area (Å²) in [4.78, 5) is 13.8. The largest absolute Gasteiger partial charge is 0.342 e. The summed E-state index contributed by atoms with van der Waals surface area (Å²) < 4.78 is 0. The van der Waals surface area contributed by atoms with Gasteiger partial charge in [0.15, 0.2) is 0 Å². The van der Waals surface area contributed by atoms with Gasteiger partial charge in [-0.2, -0.15) is 0 Å². The van der Waals surface area contributed by atoms with Crippen molar-refractivity contribution >= 4 is 5.91 Å². The maximum Gasteiger partial charge on any atom is 0.222 e. The highest BCUT2D eigenvalue weighted by molar-refractivity contribution is 5.76. The molecule has 1 aliphatic rings. The molecule has 0 bridgehead atoms. The Morgan fingerprint density at radius 2 is 2.27 bits per heavy atom. The van der Waals surface area contributed by atoms with E-state index in [1.165, 1.54) is 0 Å². The van der Waals surface area contributed by atoms with Gasteiger partial charge in [0.25, 0.3) is 0 Å². The second-order valence-corrected chi connectivity index (χ2v) is 4.98. The lowest BCUT2D eigenvalue weighted by atomic mass is 10.1. The van der Waals surface area contributed by atoms with E-state index in [9.17, 15) is 4.79 Å². The zero-order chi connectivity index (χ0) is 11.3. The molecule has 1 atom stereocenters. The van der Waals surface area contributed by atoms with Crippen molar-refractivity contribution in [2.24, 2.45) is 11.8 Å². The molecule has 1 saturated heterocycles. The Kier molecular flexibility index (Phi) is 5.09. The van der Waals surface area contributed by atoms with Gasteiger partial charge in [0.1, 0.15) is 0 Å². The molecule has 0 radical (unpaired) electrons. The second-order valence-electron chi connectivity index (χ2n) is 4.98. The smallest absolute Gasteiger partial charge is 0.222 e. The summed E-state index contributed by atoms with van der Waals surface area (Å²) >= 11 is 0. The summed E-state index contributed by atoms with van der Waals surface area (Å²) in [5.41, 5.74) is 0. The highest BCUT2D eigenvalue weighted by Gasteiger charge is 2.25. The summed E-state index contributed by atoms with van der Waals surface area (Å²) in [6.07, 6.45) is 2.91. The summed E-state index contributed by atoms with van der Waals surface area (Å²) in [6.45, 7) is 7.29. The second kappa shape index (κ2) is 6.11. The Bertz CT molecular complexity index is 204. The van der Waals surface area contributed by atoms with Crippen molar-refractivity contribution in [1.82, 2.24) is 10.2 Å². The van der Waals surface area contributed by atoms with Crippen LogP contribution in [0.25, 0.3) is 0 Å². The first-order valence-electron chi connectivity index (χ1n) is 6.05. The first-order valence-corrected chi connectivity index (χ1v) is 6.05. The molecule has 0 aromatic rings. The van der Waals surface area contributed by atoms with Crippen molar-refractivity contribution in [2.45, 2.75) is 33.1 Å². The van der Waals surface area contributed by atoms with Crippen LogP contribution in [-0.4, -0.2) is 37.5 Å². The number of amides is 1. The SMILES string of the molecule is CNCC1CCN(C(=O)CCC(C)C)C1. The molecular weight excluding hydrogens is 188 g/mol. The molecule has 1 fully saturated rings. The summed E-state index contributed by atoms with van der Waals surface area (Å²) in [5, 5.41) is 3.18. The van der Waals surface area contributed by atoms with Crippen LogP contribution in [-0.2, 0) is 4.79 Å². The average Bonchev–Trinajstić information content (AvgIpc) is 2.63. The predicted molar refractivity (Wildman–Crippen MR) is 62.7 cm³/mol. The van der Waals surface area contributed by atoms with Gasteiger partial charge in [0.2, 0.25) is 5.91 Å². The van der Waals surface area contributed by atoms with Crippen molar-refractivity contribution in [3.8, 4) is 0 Å². The molecule has 15 heavy (non-hydrogen) atoms. The number of nitrogens with one attached hydrogen (secondary N) is 1. The van der Waals surface area contributed by atoms with Crippen LogP contribution in [0.5, 0.6) is 0 Å². The first kappa shape index (κ1) is 12.5. The molecular formula is C12H24N2O. The van der Waals surface area contributed by atoms with Crippen LogP contribution in [0.3, 0.4) is 0 Å². The zero-order valence-electron chi connectivity index (χ0n) is 10.3. The molecule has 0 saturated carbocycles. The maximum absolute atomic E-state index is 11.8. The molecule has 0 aromatic heterocycles. The van der Waals surface area contributed by atoms with Gasteiger partial charge in [0, 0.05) is 19.5 Å². The minimum atomic E-state index is 0.349. The molecule has 3 nitrogen and oxygen atoms in total. The number of nitrogens with zero attached hydrogens (tertiary/aromatic N) is 1. The third kappa shape index (κ3) is 4.20. The average molecular weight is 212 g/mol. The van der Waals surface area contributed by atoms with Gasteiger partial charge in [-0.25, -0.2) is 0 Å². The molecule has 1 amide bonds. The van der Waals surface area contributed by atoms with Gasteiger partial charge < -0.3 is 10.2 Å². The van der Waals surface area contributed by atoms with Crippen molar-refractivity contribution in [1.29, 1.82) is 0 Å². The Hall–Kier alpha value is -0.570. The molecule has 1 rings (SSSR count). The normalized spacial score (nSPS) is 21.3. The molecule has 1 aliphatic heterocycles. The van der Waals surface area contributed by atoms with Crippen LogP contribution in [0.4, 0.5) is 0 Å². The maximum atomic E-state index is 11.8. The highest BCUT2D eigenvalue weighted by atomic mass is 16.2. The number of rotatable bonds is 5. The molecule has 0 aliphatic carbocycles. The molecule has 1 N–H and O–H groups in total. The fourth-order valence-corrected chi connectivity index (χ4v) is 2.08. The van der Waals surface area contributed by atoms with E-state index in [2.05, 4.69) is 19.2 Å². The Balaban J connectivity index is 2.24. The lowest BCUT2D eigenvalue weighted by Crippen LogP contribution is -2.30. The van der Waals surface area contributed by atoms with E-state index >= 15 is 0 Å². The van der Waals surface area contributed by atoms with Gasteiger partial charge in [-0.05, 0) is 38.3 Å². The van der Waals surface area contributed by atoms with Crippen molar-refractivity contribution in [3.63, 3.8) is 0 Å². The number of hydrogen-bond acceptors (Lipinski definition) is 2. The van der Waals surface area contributed by atoms with Crippen molar-refractivity contribution < 1.29 is 4.79 Å². The van der Waals surface area contributed by atoms with Crippen LogP contribution < -0.4 is 5.32 Å². The van der Waals surface area contributed by atoms with E-state index in [0.29, 0.717) is 17.7 Å². The van der Waals surface area contributed by atoms with Gasteiger partial charge in [0.05, 0.1) is 0 Å². The number of likely N-dealkylation sites (tertiary alicyclic amines) is 1. The van der Waals surface area contributed by atoms with Gasteiger partial charge in [-0.3, -0.25) is 4.79 Å². The van der Waals surface area contributed by atoms with Crippen LogP contribution in [0, 0.1) is 11.8 Å². The number of hydrogen-bond donors (Lipinski definition) is 1. The van der Waals surface area contributed by atoms with Crippen LogP contribution in [0.15, 0.2) is 0 Å². The monoisotopic (exact) mass is 212 g/mol. The van der Waals surface area contributed by atoms with Gasteiger partial charge in [-0.15, -0.1) is 0 Å². The van der Waals surface area contributed by atoms with Crippen LogP contribution >= 0.6 is 0 Å². The lowest BCUT2D eigenvalue weighted by molar-refractivity contribution is -0.130. The molecule has 0 spiro atoms. The summed E-state index contributed by atoms with van der Waals surface area (Å²) in [6, 6.07) is 0. The topological polar surface area (TPSA) is 32.3 Å². The quantitative estimate of drug-likeness (QED) is 0.749. The van der Waals surface area contributed by atoms with E-state index in [-0.39, 0.29) is 0 Å². The Labute approximate surface area is 93.2 Å². The minimum Gasteiger partial charge on any atom is -0.342 e. The zero-order valence-corrected chi connectivity index (χ0v) is 10.3. The van der Waals surface area contributed by atoms with E-state index in [1.54, 1.807) is 0 Å². The van der Waals surface area contributed by atoms with E-state index in [0.717, 1.165) is 38.9 Å². The summed E-state index contributed by atoms with van der Waals surface area (Å²) in [5.74, 6) is 1.64.